The zero-order valence-electron chi connectivity index (χ0n) is 13.6. The molecule has 1 heterocycles. The molecule has 1 aromatic carbocycles. The standard InChI is InChI=1S/C15H19N3O5S/c1-11-10-14(17-23-11)18(24(3,20)21)9-8-16-15(19)12-6-4-5-7-13(12)22-2/h4-7,10H,8-9H2,1-3H3,(H,16,19). The maximum absolute atomic E-state index is 12.2. The average molecular weight is 353 g/mol. The van der Waals surface area contributed by atoms with Gasteiger partial charge >= 0.3 is 0 Å². The van der Waals surface area contributed by atoms with Crippen LogP contribution in [-0.4, -0.2) is 45.9 Å². The summed E-state index contributed by atoms with van der Waals surface area (Å²) >= 11 is 0. The van der Waals surface area contributed by atoms with E-state index in [-0.39, 0.29) is 24.8 Å². The van der Waals surface area contributed by atoms with Crippen LogP contribution in [0.4, 0.5) is 5.82 Å². The van der Waals surface area contributed by atoms with Gasteiger partial charge in [0, 0.05) is 12.6 Å². The Morgan fingerprint density at radius 3 is 2.67 bits per heavy atom. The third-order valence-corrected chi connectivity index (χ3v) is 4.39. The Hall–Kier alpha value is -2.55. The molecule has 2 aromatic rings. The summed E-state index contributed by atoms with van der Waals surface area (Å²) in [5.74, 6) is 0.776. The SMILES string of the molecule is COc1ccccc1C(=O)NCCN(c1cc(C)on1)S(C)(=O)=O. The molecule has 0 spiro atoms. The Balaban J connectivity index is 2.04. The van der Waals surface area contributed by atoms with Crippen molar-refractivity contribution in [2.45, 2.75) is 6.92 Å². The van der Waals surface area contributed by atoms with Crippen molar-refractivity contribution < 1.29 is 22.5 Å². The van der Waals surface area contributed by atoms with Gasteiger partial charge in [-0.2, -0.15) is 0 Å². The number of carbonyl (C=O) groups is 1. The van der Waals surface area contributed by atoms with E-state index in [2.05, 4.69) is 10.5 Å². The van der Waals surface area contributed by atoms with Gasteiger partial charge in [-0.05, 0) is 19.1 Å². The molecular formula is C15H19N3O5S. The number of hydrogen-bond donors (Lipinski definition) is 1. The Kier molecular flexibility index (Phi) is 5.45. The minimum absolute atomic E-state index is 0.0334. The number of nitrogens with one attached hydrogen (secondary N) is 1. The quantitative estimate of drug-likeness (QED) is 0.802. The number of nitrogens with zero attached hydrogens (tertiary/aromatic N) is 2. The van der Waals surface area contributed by atoms with Gasteiger partial charge in [-0.1, -0.05) is 17.3 Å². The zero-order chi connectivity index (χ0) is 17.7. The van der Waals surface area contributed by atoms with E-state index in [1.54, 1.807) is 31.2 Å². The number of carbonyl (C=O) groups excluding carboxylic acids is 1. The molecule has 2 rings (SSSR count). The molecule has 0 atom stereocenters. The first-order valence-corrected chi connectivity index (χ1v) is 9.00. The van der Waals surface area contributed by atoms with Gasteiger partial charge in [0.1, 0.15) is 11.5 Å². The number of sulfonamides is 1. The lowest BCUT2D eigenvalue weighted by Gasteiger charge is -2.19. The molecule has 130 valence electrons. The van der Waals surface area contributed by atoms with Gasteiger partial charge in [0.25, 0.3) is 5.91 Å². The number of anilines is 1. The Morgan fingerprint density at radius 1 is 1.38 bits per heavy atom. The largest absolute Gasteiger partial charge is 0.496 e. The van der Waals surface area contributed by atoms with Crippen LogP contribution in [-0.2, 0) is 10.0 Å². The van der Waals surface area contributed by atoms with Crippen molar-refractivity contribution in [3.05, 3.63) is 41.7 Å². The summed E-state index contributed by atoms with van der Waals surface area (Å²) in [6.45, 7) is 1.81. The first-order chi connectivity index (χ1) is 11.3. The van der Waals surface area contributed by atoms with Crippen LogP contribution < -0.4 is 14.4 Å². The first kappa shape index (κ1) is 17.8. The number of benzene rings is 1. The summed E-state index contributed by atoms with van der Waals surface area (Å²) < 4.78 is 34.9. The smallest absolute Gasteiger partial charge is 0.255 e. The summed E-state index contributed by atoms with van der Waals surface area (Å²) in [5, 5.41) is 6.37. The van der Waals surface area contributed by atoms with Gasteiger partial charge in [-0.15, -0.1) is 0 Å². The number of methoxy groups -OCH3 is 1. The molecule has 0 aliphatic rings. The van der Waals surface area contributed by atoms with Crippen LogP contribution in [0.25, 0.3) is 0 Å². The zero-order valence-corrected chi connectivity index (χ0v) is 14.5. The van der Waals surface area contributed by atoms with Crippen LogP contribution in [0.2, 0.25) is 0 Å². The van der Waals surface area contributed by atoms with E-state index in [0.29, 0.717) is 17.1 Å². The van der Waals surface area contributed by atoms with Crippen LogP contribution in [0.3, 0.4) is 0 Å². The summed E-state index contributed by atoms with van der Waals surface area (Å²) in [6.07, 6.45) is 1.07. The van der Waals surface area contributed by atoms with Crippen molar-refractivity contribution in [1.82, 2.24) is 10.5 Å². The minimum atomic E-state index is -3.55. The van der Waals surface area contributed by atoms with Crippen LogP contribution >= 0.6 is 0 Å². The van der Waals surface area contributed by atoms with E-state index in [4.69, 9.17) is 9.26 Å². The molecule has 1 N–H and O–H groups in total. The highest BCUT2D eigenvalue weighted by molar-refractivity contribution is 7.92. The fourth-order valence-corrected chi connectivity index (χ4v) is 2.97. The van der Waals surface area contributed by atoms with E-state index in [1.807, 2.05) is 0 Å². The number of aromatic nitrogens is 1. The predicted octanol–water partition coefficient (Wildman–Crippen LogP) is 1.19. The van der Waals surface area contributed by atoms with E-state index in [9.17, 15) is 13.2 Å². The highest BCUT2D eigenvalue weighted by atomic mass is 32.2. The normalized spacial score (nSPS) is 11.1. The molecule has 0 unspecified atom stereocenters. The van der Waals surface area contributed by atoms with Gasteiger partial charge in [0.2, 0.25) is 10.0 Å². The second-order valence-electron chi connectivity index (χ2n) is 5.09. The number of rotatable bonds is 7. The molecule has 1 amide bonds. The lowest BCUT2D eigenvalue weighted by Crippen LogP contribution is -2.38. The van der Waals surface area contributed by atoms with Crippen LogP contribution in [0.1, 0.15) is 16.1 Å². The van der Waals surface area contributed by atoms with Crippen molar-refractivity contribution >= 4 is 21.7 Å². The van der Waals surface area contributed by atoms with Gasteiger partial charge in [0.05, 0.1) is 25.5 Å². The second kappa shape index (κ2) is 7.35. The topological polar surface area (TPSA) is 102 Å². The van der Waals surface area contributed by atoms with Crippen molar-refractivity contribution in [3.63, 3.8) is 0 Å². The number of ether oxygens (including phenoxy) is 1. The predicted molar refractivity (Wildman–Crippen MR) is 88.8 cm³/mol. The molecule has 0 aliphatic carbocycles. The minimum Gasteiger partial charge on any atom is -0.496 e. The van der Waals surface area contributed by atoms with E-state index in [1.165, 1.54) is 13.2 Å². The van der Waals surface area contributed by atoms with E-state index >= 15 is 0 Å². The highest BCUT2D eigenvalue weighted by Crippen LogP contribution is 2.18. The molecule has 24 heavy (non-hydrogen) atoms. The summed E-state index contributed by atoms with van der Waals surface area (Å²) in [7, 11) is -2.07. The average Bonchev–Trinajstić information content (AvgIpc) is 2.95. The van der Waals surface area contributed by atoms with Crippen LogP contribution in [0, 0.1) is 6.92 Å². The molecule has 0 saturated carbocycles. The van der Waals surface area contributed by atoms with Crippen molar-refractivity contribution in [3.8, 4) is 5.75 Å². The summed E-state index contributed by atoms with van der Waals surface area (Å²) in [6, 6.07) is 8.30. The number of amides is 1. The second-order valence-corrected chi connectivity index (χ2v) is 6.99. The lowest BCUT2D eigenvalue weighted by molar-refractivity contribution is 0.0952. The number of aryl methyl sites for hydroxylation is 1. The Bertz CT molecular complexity index is 816. The molecule has 0 bridgehead atoms. The van der Waals surface area contributed by atoms with Gasteiger partial charge in [0.15, 0.2) is 5.82 Å². The maximum Gasteiger partial charge on any atom is 0.255 e. The van der Waals surface area contributed by atoms with Gasteiger partial charge < -0.3 is 14.6 Å². The third kappa shape index (κ3) is 4.25. The molecule has 1 aromatic heterocycles. The monoisotopic (exact) mass is 353 g/mol. The number of hydrogen-bond acceptors (Lipinski definition) is 6. The summed E-state index contributed by atoms with van der Waals surface area (Å²) in [4.78, 5) is 12.2. The lowest BCUT2D eigenvalue weighted by atomic mass is 10.2. The van der Waals surface area contributed by atoms with Crippen LogP contribution in [0.15, 0.2) is 34.9 Å². The molecular weight excluding hydrogens is 334 g/mol. The molecule has 9 heteroatoms. The maximum atomic E-state index is 12.2. The Morgan fingerprint density at radius 2 is 2.08 bits per heavy atom. The molecule has 0 aliphatic heterocycles. The van der Waals surface area contributed by atoms with Crippen molar-refractivity contribution in [2.24, 2.45) is 0 Å². The van der Waals surface area contributed by atoms with Crippen LogP contribution in [0.5, 0.6) is 5.75 Å². The summed E-state index contributed by atoms with van der Waals surface area (Å²) in [5.41, 5.74) is 0.378. The van der Waals surface area contributed by atoms with Crippen molar-refractivity contribution in [2.75, 3.05) is 30.8 Å². The molecule has 0 radical (unpaired) electrons. The molecule has 8 nitrogen and oxygen atoms in total. The highest BCUT2D eigenvalue weighted by Gasteiger charge is 2.21. The first-order valence-electron chi connectivity index (χ1n) is 7.15. The molecule has 0 saturated heterocycles. The fourth-order valence-electron chi connectivity index (χ4n) is 2.12. The van der Waals surface area contributed by atoms with Gasteiger partial charge in [-0.3, -0.25) is 4.79 Å². The fraction of sp³-hybridized carbons (Fsp3) is 0.333. The van der Waals surface area contributed by atoms with E-state index < -0.39 is 10.0 Å². The molecule has 0 fully saturated rings. The third-order valence-electron chi connectivity index (χ3n) is 3.22. The van der Waals surface area contributed by atoms with E-state index in [0.717, 1.165) is 10.6 Å². The number of para-hydroxylation sites is 1. The van der Waals surface area contributed by atoms with Crippen molar-refractivity contribution in [1.29, 1.82) is 0 Å². The Labute approximate surface area is 140 Å². The van der Waals surface area contributed by atoms with Gasteiger partial charge in [-0.25, -0.2) is 12.7 Å².